The van der Waals surface area contributed by atoms with E-state index in [0.717, 1.165) is 59.2 Å². The number of fused-ring (bicyclic) bond motifs is 1. The second-order valence-electron chi connectivity index (χ2n) is 11.2. The predicted octanol–water partition coefficient (Wildman–Crippen LogP) is 5.25. The number of rotatable bonds is 10. The molecule has 1 fully saturated rings. The lowest BCUT2D eigenvalue weighted by Gasteiger charge is -2.38. The van der Waals surface area contributed by atoms with Gasteiger partial charge in [0.15, 0.2) is 0 Å². The lowest BCUT2D eigenvalue weighted by molar-refractivity contribution is -0.133. The van der Waals surface area contributed by atoms with E-state index >= 15 is 0 Å². The first-order valence-electron chi connectivity index (χ1n) is 14.1. The van der Waals surface area contributed by atoms with Crippen LogP contribution in [0.15, 0.2) is 79.1 Å². The van der Waals surface area contributed by atoms with Crippen LogP contribution in [0, 0.1) is 0 Å². The van der Waals surface area contributed by atoms with E-state index in [-0.39, 0.29) is 23.7 Å². The molecule has 0 aliphatic heterocycles. The summed E-state index contributed by atoms with van der Waals surface area (Å²) in [5.41, 5.74) is 2.50. The Morgan fingerprint density at radius 2 is 1.75 bits per heavy atom. The number of nitrogens with one attached hydrogen (secondary N) is 3. The second kappa shape index (κ2) is 11.9. The quantitative estimate of drug-likeness (QED) is 0.257. The molecule has 5 rings (SSSR count). The fourth-order valence-electron chi connectivity index (χ4n) is 5.99. The van der Waals surface area contributed by atoms with Crippen LogP contribution in [0.1, 0.15) is 55.8 Å². The fraction of sp³-hybridized carbons (Fsp3) is 0.364. The van der Waals surface area contributed by atoms with Gasteiger partial charge in [0.1, 0.15) is 11.3 Å². The molecule has 2 aromatic heterocycles. The molecule has 3 N–H and O–H groups in total. The molecule has 2 aromatic carbocycles. The van der Waals surface area contributed by atoms with Crippen LogP contribution in [0.5, 0.6) is 5.75 Å². The molecular formula is C33H38N4O3. The first kappa shape index (κ1) is 27.4. The summed E-state index contributed by atoms with van der Waals surface area (Å²) < 4.78 is 5.24. The zero-order valence-corrected chi connectivity index (χ0v) is 23.3. The van der Waals surface area contributed by atoms with Gasteiger partial charge in [-0.25, -0.2) is 0 Å². The van der Waals surface area contributed by atoms with E-state index in [1.54, 1.807) is 7.11 Å². The number of benzene rings is 2. The third kappa shape index (κ3) is 6.03. The Morgan fingerprint density at radius 3 is 2.48 bits per heavy atom. The summed E-state index contributed by atoms with van der Waals surface area (Å²) in [5, 5.41) is 7.40. The minimum absolute atomic E-state index is 0.165. The summed E-state index contributed by atoms with van der Waals surface area (Å²) in [4.78, 5) is 35.4. The average Bonchev–Trinajstić information content (AvgIpc) is 3.39. The number of ether oxygens (including phenoxy) is 1. The van der Waals surface area contributed by atoms with Crippen LogP contribution in [-0.2, 0) is 27.8 Å². The van der Waals surface area contributed by atoms with Gasteiger partial charge in [-0.1, -0.05) is 55.7 Å². The molecule has 0 spiro atoms. The van der Waals surface area contributed by atoms with Gasteiger partial charge in [-0.3, -0.25) is 14.6 Å². The number of para-hydroxylation sites is 1. The van der Waals surface area contributed by atoms with Crippen LogP contribution in [0.2, 0.25) is 0 Å². The first-order chi connectivity index (χ1) is 19.4. The summed E-state index contributed by atoms with van der Waals surface area (Å²) >= 11 is 0. The third-order valence-corrected chi connectivity index (χ3v) is 8.27. The monoisotopic (exact) mass is 538 g/mol. The van der Waals surface area contributed by atoms with E-state index in [1.165, 1.54) is 6.42 Å². The van der Waals surface area contributed by atoms with E-state index < -0.39 is 5.54 Å². The van der Waals surface area contributed by atoms with Crippen molar-refractivity contribution in [3.8, 4) is 5.75 Å². The molecule has 7 heteroatoms. The number of hydrogen-bond donors (Lipinski definition) is 3. The highest BCUT2D eigenvalue weighted by Crippen LogP contribution is 2.38. The highest BCUT2D eigenvalue weighted by atomic mass is 16.5. The highest BCUT2D eigenvalue weighted by Gasteiger charge is 2.40. The predicted molar refractivity (Wildman–Crippen MR) is 157 cm³/mol. The molecule has 0 radical (unpaired) electrons. The molecule has 1 unspecified atom stereocenters. The van der Waals surface area contributed by atoms with Gasteiger partial charge in [-0.15, -0.1) is 0 Å². The Kier molecular flexibility index (Phi) is 8.19. The maximum Gasteiger partial charge on any atom is 0.245 e. The van der Waals surface area contributed by atoms with Crippen LogP contribution in [0.4, 0.5) is 0 Å². The number of aromatic amines is 1. The van der Waals surface area contributed by atoms with Gasteiger partial charge < -0.3 is 20.4 Å². The average molecular weight is 539 g/mol. The molecule has 1 aliphatic carbocycles. The molecule has 2 amide bonds. The number of carbonyl (C=O) groups is 2. The molecule has 208 valence electrons. The van der Waals surface area contributed by atoms with E-state index in [9.17, 15) is 9.59 Å². The summed E-state index contributed by atoms with van der Waals surface area (Å²) in [6, 6.07) is 21.4. The second-order valence-corrected chi connectivity index (χ2v) is 11.2. The third-order valence-electron chi connectivity index (χ3n) is 8.27. The van der Waals surface area contributed by atoms with E-state index in [4.69, 9.17) is 4.74 Å². The van der Waals surface area contributed by atoms with Gasteiger partial charge in [0.05, 0.1) is 13.5 Å². The number of carbonyl (C=O) groups excluding carboxylic acids is 2. The van der Waals surface area contributed by atoms with Crippen LogP contribution >= 0.6 is 0 Å². The molecule has 40 heavy (non-hydrogen) atoms. The summed E-state index contributed by atoms with van der Waals surface area (Å²) in [7, 11) is 1.61. The Morgan fingerprint density at radius 1 is 1.00 bits per heavy atom. The van der Waals surface area contributed by atoms with Gasteiger partial charge in [0.25, 0.3) is 0 Å². The van der Waals surface area contributed by atoms with Gasteiger partial charge in [-0.2, -0.15) is 0 Å². The van der Waals surface area contributed by atoms with E-state index in [2.05, 4.69) is 26.7 Å². The van der Waals surface area contributed by atoms with Crippen molar-refractivity contribution in [1.29, 1.82) is 0 Å². The molecule has 1 atom stereocenters. The number of hydrogen-bond acceptors (Lipinski definition) is 4. The van der Waals surface area contributed by atoms with Crippen molar-refractivity contribution in [2.75, 3.05) is 13.7 Å². The topological polar surface area (TPSA) is 96.1 Å². The Hall–Kier alpha value is -4.13. The minimum Gasteiger partial charge on any atom is -0.497 e. The molecule has 1 aliphatic rings. The van der Waals surface area contributed by atoms with Crippen LogP contribution < -0.4 is 15.4 Å². The van der Waals surface area contributed by atoms with Crippen molar-refractivity contribution >= 4 is 22.7 Å². The smallest absolute Gasteiger partial charge is 0.245 e. The van der Waals surface area contributed by atoms with Gasteiger partial charge in [-0.05, 0) is 61.2 Å². The Labute approximate surface area is 235 Å². The maximum absolute atomic E-state index is 14.0. The standard InChI is InChI=1S/C33H38N4O3/c1-32(21-25-22-35-28-11-5-4-10-27(25)28,37-30(38)20-24-13-15-26(40-2)16-14-24)31(39)36-23-33(17-7-3-8-18-33)29-12-6-9-19-34-29/h4-6,9-16,19,22,35H,3,7-8,17-18,20-21,23H2,1-2H3,(H,36,39)(H,37,38). The van der Waals surface area contributed by atoms with Gasteiger partial charge in [0.2, 0.25) is 11.8 Å². The highest BCUT2D eigenvalue weighted by molar-refractivity contribution is 5.93. The number of amides is 2. The minimum atomic E-state index is -1.16. The van der Waals surface area contributed by atoms with Crippen molar-refractivity contribution in [2.24, 2.45) is 0 Å². The largest absolute Gasteiger partial charge is 0.497 e. The maximum atomic E-state index is 14.0. The lowest BCUT2D eigenvalue weighted by atomic mass is 9.71. The van der Waals surface area contributed by atoms with E-state index in [1.807, 2.05) is 80.0 Å². The number of H-pyrrole nitrogens is 1. The number of pyridine rings is 1. The van der Waals surface area contributed by atoms with Crippen molar-refractivity contribution in [1.82, 2.24) is 20.6 Å². The molecule has 2 heterocycles. The first-order valence-corrected chi connectivity index (χ1v) is 14.1. The lowest BCUT2D eigenvalue weighted by Crippen LogP contribution is -2.60. The summed E-state index contributed by atoms with van der Waals surface area (Å²) in [6.07, 6.45) is 9.65. The van der Waals surface area contributed by atoms with Crippen molar-refractivity contribution < 1.29 is 14.3 Å². The van der Waals surface area contributed by atoms with Crippen molar-refractivity contribution in [3.05, 3.63) is 95.9 Å². The fourth-order valence-corrected chi connectivity index (χ4v) is 5.99. The zero-order valence-electron chi connectivity index (χ0n) is 23.3. The molecule has 4 aromatic rings. The van der Waals surface area contributed by atoms with E-state index in [0.29, 0.717) is 13.0 Å². The Bertz CT molecular complexity index is 1440. The van der Waals surface area contributed by atoms with Crippen LogP contribution in [0.3, 0.4) is 0 Å². The zero-order chi connectivity index (χ0) is 28.0. The summed E-state index contributed by atoms with van der Waals surface area (Å²) in [6.45, 7) is 2.31. The Balaban J connectivity index is 1.38. The number of nitrogens with zero attached hydrogens (tertiary/aromatic N) is 1. The molecular weight excluding hydrogens is 500 g/mol. The normalized spacial score (nSPS) is 16.1. The van der Waals surface area contributed by atoms with Crippen molar-refractivity contribution in [2.45, 2.75) is 62.8 Å². The number of methoxy groups -OCH3 is 1. The molecule has 0 saturated heterocycles. The van der Waals surface area contributed by atoms with Crippen molar-refractivity contribution in [3.63, 3.8) is 0 Å². The summed E-state index contributed by atoms with van der Waals surface area (Å²) in [5.74, 6) is 0.332. The van der Waals surface area contributed by atoms with Gasteiger partial charge in [0, 0.05) is 47.4 Å². The SMILES string of the molecule is COc1ccc(CC(=O)NC(C)(Cc2c[nH]c3ccccc23)C(=O)NCC2(c3ccccn3)CCCCC2)cc1. The molecule has 7 nitrogen and oxygen atoms in total. The van der Waals surface area contributed by atoms with Crippen LogP contribution in [0.25, 0.3) is 10.9 Å². The molecule has 0 bridgehead atoms. The van der Waals surface area contributed by atoms with Gasteiger partial charge >= 0.3 is 0 Å². The molecule has 1 saturated carbocycles. The number of aromatic nitrogens is 2. The van der Waals surface area contributed by atoms with Crippen LogP contribution in [-0.4, -0.2) is 41.0 Å².